The standard InChI is InChI=1S/C50H34N2S/c1-6-16-35(17-7-1)45-31-42(32-46(51-45)36-18-8-2-9-19-36)40-28-41(30-44(29-40)50-27-26-49(53-50)39-24-14-5-15-25-39)43-33-47(37-20-10-3-11-21-37)52-48(34-43)38-22-12-4-13-23-38/h1-34H. The predicted molar refractivity (Wildman–Crippen MR) is 223 cm³/mol. The van der Waals surface area contributed by atoms with Crippen LogP contribution < -0.4 is 0 Å². The van der Waals surface area contributed by atoms with E-state index in [1.165, 1.54) is 20.9 Å². The van der Waals surface area contributed by atoms with Gasteiger partial charge < -0.3 is 0 Å². The van der Waals surface area contributed by atoms with Gasteiger partial charge in [-0.25, -0.2) is 9.97 Å². The van der Waals surface area contributed by atoms with Crippen molar-refractivity contribution < 1.29 is 0 Å². The molecular weight excluding hydrogens is 661 g/mol. The van der Waals surface area contributed by atoms with Crippen molar-refractivity contribution in [1.82, 2.24) is 9.97 Å². The average molecular weight is 695 g/mol. The summed E-state index contributed by atoms with van der Waals surface area (Å²) in [6, 6.07) is 72.9. The van der Waals surface area contributed by atoms with Gasteiger partial charge in [0.05, 0.1) is 22.8 Å². The van der Waals surface area contributed by atoms with E-state index in [-0.39, 0.29) is 0 Å². The highest BCUT2D eigenvalue weighted by molar-refractivity contribution is 7.18. The van der Waals surface area contributed by atoms with Crippen molar-refractivity contribution in [3.05, 3.63) is 206 Å². The van der Waals surface area contributed by atoms with E-state index in [9.17, 15) is 0 Å². The van der Waals surface area contributed by atoms with E-state index in [1.54, 1.807) is 0 Å². The van der Waals surface area contributed by atoms with E-state index >= 15 is 0 Å². The highest BCUT2D eigenvalue weighted by atomic mass is 32.1. The van der Waals surface area contributed by atoms with Crippen LogP contribution in [0.3, 0.4) is 0 Å². The lowest BCUT2D eigenvalue weighted by Gasteiger charge is -2.15. The van der Waals surface area contributed by atoms with Crippen LogP contribution in [0.5, 0.6) is 0 Å². The highest BCUT2D eigenvalue weighted by Crippen LogP contribution is 2.41. The molecule has 0 aliphatic heterocycles. The molecule has 9 aromatic rings. The Labute approximate surface area is 314 Å². The number of nitrogens with zero attached hydrogens (tertiary/aromatic N) is 2. The molecule has 0 amide bonds. The Kier molecular flexibility index (Phi) is 8.83. The molecule has 0 atom stereocenters. The third-order valence-corrected chi connectivity index (χ3v) is 10.7. The molecule has 250 valence electrons. The Morgan fingerprint density at radius 2 is 0.491 bits per heavy atom. The van der Waals surface area contributed by atoms with Gasteiger partial charge in [0, 0.05) is 32.0 Å². The number of thiophene rings is 1. The van der Waals surface area contributed by atoms with Gasteiger partial charge >= 0.3 is 0 Å². The number of pyridine rings is 2. The zero-order valence-corrected chi connectivity index (χ0v) is 29.7. The molecule has 0 bridgehead atoms. The van der Waals surface area contributed by atoms with Crippen LogP contribution in [-0.2, 0) is 0 Å². The lowest BCUT2D eigenvalue weighted by Crippen LogP contribution is -1.93. The van der Waals surface area contributed by atoms with Crippen LogP contribution in [0.4, 0.5) is 0 Å². The van der Waals surface area contributed by atoms with E-state index in [4.69, 9.17) is 9.97 Å². The van der Waals surface area contributed by atoms with Crippen molar-refractivity contribution in [2.45, 2.75) is 0 Å². The van der Waals surface area contributed by atoms with Crippen molar-refractivity contribution in [1.29, 1.82) is 0 Å². The fraction of sp³-hybridized carbons (Fsp3) is 0. The second kappa shape index (κ2) is 14.5. The third-order valence-electron chi connectivity index (χ3n) is 9.48. The Morgan fingerprint density at radius 1 is 0.226 bits per heavy atom. The first-order valence-corrected chi connectivity index (χ1v) is 18.6. The Bertz CT molecular complexity index is 2370. The molecule has 0 saturated carbocycles. The van der Waals surface area contributed by atoms with Gasteiger partial charge in [-0.3, -0.25) is 0 Å². The van der Waals surface area contributed by atoms with E-state index < -0.39 is 0 Å². The molecule has 2 nitrogen and oxygen atoms in total. The molecule has 0 N–H and O–H groups in total. The van der Waals surface area contributed by atoms with Crippen molar-refractivity contribution in [3.8, 4) is 88.2 Å². The van der Waals surface area contributed by atoms with Gasteiger partial charge in [-0.15, -0.1) is 11.3 Å². The first kappa shape index (κ1) is 32.2. The second-order valence-corrected chi connectivity index (χ2v) is 14.1. The van der Waals surface area contributed by atoms with Crippen LogP contribution >= 0.6 is 11.3 Å². The molecule has 6 aromatic carbocycles. The van der Waals surface area contributed by atoms with Crippen molar-refractivity contribution in [3.63, 3.8) is 0 Å². The Morgan fingerprint density at radius 3 is 0.830 bits per heavy atom. The lowest BCUT2D eigenvalue weighted by molar-refractivity contribution is 1.32. The number of hydrogen-bond donors (Lipinski definition) is 0. The zero-order chi connectivity index (χ0) is 35.4. The van der Waals surface area contributed by atoms with E-state index in [0.29, 0.717) is 0 Å². The number of rotatable bonds is 8. The summed E-state index contributed by atoms with van der Waals surface area (Å²) in [6.07, 6.45) is 0. The molecule has 0 radical (unpaired) electrons. The summed E-state index contributed by atoms with van der Waals surface area (Å²) >= 11 is 1.82. The molecular formula is C50H34N2S. The first-order chi connectivity index (χ1) is 26.2. The maximum Gasteiger partial charge on any atom is 0.0715 e. The van der Waals surface area contributed by atoms with Crippen molar-refractivity contribution >= 4 is 11.3 Å². The van der Waals surface area contributed by atoms with Gasteiger partial charge in [0.2, 0.25) is 0 Å². The van der Waals surface area contributed by atoms with E-state index in [2.05, 4.69) is 182 Å². The van der Waals surface area contributed by atoms with Crippen LogP contribution in [-0.4, -0.2) is 9.97 Å². The van der Waals surface area contributed by atoms with Gasteiger partial charge in [0.25, 0.3) is 0 Å². The van der Waals surface area contributed by atoms with Crippen molar-refractivity contribution in [2.24, 2.45) is 0 Å². The molecule has 0 fully saturated rings. The normalized spacial score (nSPS) is 11.0. The molecule has 0 spiro atoms. The average Bonchev–Trinajstić information content (AvgIpc) is 3.76. The summed E-state index contributed by atoms with van der Waals surface area (Å²) in [5.74, 6) is 0. The van der Waals surface area contributed by atoms with E-state index in [1.807, 2.05) is 35.6 Å². The highest BCUT2D eigenvalue weighted by Gasteiger charge is 2.15. The molecule has 9 rings (SSSR count). The maximum absolute atomic E-state index is 5.18. The number of aromatic nitrogens is 2. The number of benzene rings is 6. The zero-order valence-electron chi connectivity index (χ0n) is 28.9. The van der Waals surface area contributed by atoms with Crippen LogP contribution in [0.2, 0.25) is 0 Å². The maximum atomic E-state index is 5.18. The summed E-state index contributed by atoms with van der Waals surface area (Å²) in [5.41, 5.74) is 15.0. The quantitative estimate of drug-likeness (QED) is 0.158. The van der Waals surface area contributed by atoms with Gasteiger partial charge in [0.15, 0.2) is 0 Å². The van der Waals surface area contributed by atoms with Gasteiger partial charge in [-0.05, 0) is 88.0 Å². The summed E-state index contributed by atoms with van der Waals surface area (Å²) in [5, 5.41) is 0. The van der Waals surface area contributed by atoms with Crippen LogP contribution in [0.25, 0.3) is 88.2 Å². The van der Waals surface area contributed by atoms with Gasteiger partial charge in [-0.2, -0.15) is 0 Å². The number of hydrogen-bond acceptors (Lipinski definition) is 3. The molecule has 3 aromatic heterocycles. The molecule has 53 heavy (non-hydrogen) atoms. The first-order valence-electron chi connectivity index (χ1n) is 17.8. The molecule has 3 heteroatoms. The minimum Gasteiger partial charge on any atom is -0.248 e. The second-order valence-electron chi connectivity index (χ2n) is 13.0. The predicted octanol–water partition coefficient (Wildman–Crippen LogP) is 13.9. The monoisotopic (exact) mass is 694 g/mol. The smallest absolute Gasteiger partial charge is 0.0715 e. The van der Waals surface area contributed by atoms with Gasteiger partial charge in [0.1, 0.15) is 0 Å². The summed E-state index contributed by atoms with van der Waals surface area (Å²) in [4.78, 5) is 12.8. The Hall–Kier alpha value is -6.68. The van der Waals surface area contributed by atoms with Crippen LogP contribution in [0.15, 0.2) is 206 Å². The Balaban J connectivity index is 1.27. The van der Waals surface area contributed by atoms with Crippen LogP contribution in [0.1, 0.15) is 0 Å². The molecule has 0 aliphatic carbocycles. The minimum absolute atomic E-state index is 0.943. The molecule has 0 aliphatic rings. The summed E-state index contributed by atoms with van der Waals surface area (Å²) in [7, 11) is 0. The topological polar surface area (TPSA) is 25.8 Å². The van der Waals surface area contributed by atoms with Crippen LogP contribution in [0, 0.1) is 0 Å². The molecule has 0 saturated heterocycles. The summed E-state index contributed by atoms with van der Waals surface area (Å²) < 4.78 is 0. The molecule has 0 unspecified atom stereocenters. The SMILES string of the molecule is c1ccc(-c2cc(-c3cc(-c4cc(-c5ccccc5)nc(-c5ccccc5)c4)cc(-c4ccc(-c5ccccc5)s4)c3)cc(-c3ccccc3)n2)cc1. The van der Waals surface area contributed by atoms with Crippen molar-refractivity contribution in [2.75, 3.05) is 0 Å². The fourth-order valence-electron chi connectivity index (χ4n) is 6.78. The largest absolute Gasteiger partial charge is 0.248 e. The summed E-state index contributed by atoms with van der Waals surface area (Å²) in [6.45, 7) is 0. The van der Waals surface area contributed by atoms with E-state index in [0.717, 1.165) is 67.3 Å². The van der Waals surface area contributed by atoms with Gasteiger partial charge in [-0.1, -0.05) is 152 Å². The lowest BCUT2D eigenvalue weighted by atomic mass is 9.93. The third kappa shape index (κ3) is 6.99. The molecule has 3 heterocycles. The fourth-order valence-corrected chi connectivity index (χ4v) is 7.77. The minimum atomic E-state index is 0.943.